The molecule has 58 valence electrons. The van der Waals surface area contributed by atoms with Crippen LogP contribution in [0, 0.1) is 0 Å². The Balaban J connectivity index is 3.12. The summed E-state index contributed by atoms with van der Waals surface area (Å²) in [7, 11) is 0. The molecule has 0 aromatic rings. The van der Waals surface area contributed by atoms with E-state index >= 15 is 0 Å². The second-order valence-electron chi connectivity index (χ2n) is 2.39. The van der Waals surface area contributed by atoms with E-state index in [9.17, 15) is 0 Å². The van der Waals surface area contributed by atoms with Gasteiger partial charge in [-0.15, -0.1) is 5.73 Å². The number of hydrogen-bond acceptors (Lipinski definition) is 0. The van der Waals surface area contributed by atoms with Crippen LogP contribution < -0.4 is 0 Å². The van der Waals surface area contributed by atoms with Gasteiger partial charge in [-0.25, -0.2) is 0 Å². The Kier molecular flexibility index (Phi) is 7.11. The van der Waals surface area contributed by atoms with Gasteiger partial charge in [0.1, 0.15) is 0 Å². The molecule has 0 aromatic heterocycles. The third-order valence-electron chi connectivity index (χ3n) is 1.44. The molecule has 0 bridgehead atoms. The van der Waals surface area contributed by atoms with Crippen molar-refractivity contribution in [3.8, 4) is 0 Å². The highest BCUT2D eigenvalue weighted by Gasteiger charge is 1.89. The summed E-state index contributed by atoms with van der Waals surface area (Å²) in [6.07, 6.45) is 6.33. The monoisotopic (exact) mass is 202 g/mol. The smallest absolute Gasteiger partial charge is 0.0362 e. The topological polar surface area (TPSA) is 0 Å². The average molecular weight is 203 g/mol. The van der Waals surface area contributed by atoms with Crippen molar-refractivity contribution in [2.75, 3.05) is 0 Å². The molecule has 0 radical (unpaired) electrons. The molecule has 0 amide bonds. The van der Waals surface area contributed by atoms with Gasteiger partial charge >= 0.3 is 0 Å². The van der Waals surface area contributed by atoms with Crippen LogP contribution in [0.4, 0.5) is 0 Å². The van der Waals surface area contributed by atoms with Gasteiger partial charge in [-0.05, 0) is 28.8 Å². The van der Waals surface area contributed by atoms with Crippen molar-refractivity contribution in [1.82, 2.24) is 0 Å². The normalized spacial score (nSPS) is 9.00. The van der Waals surface area contributed by atoms with Gasteiger partial charge in [-0.2, -0.15) is 0 Å². The van der Waals surface area contributed by atoms with Gasteiger partial charge in [0.15, 0.2) is 0 Å². The Labute approximate surface area is 72.1 Å². The van der Waals surface area contributed by atoms with E-state index in [1.54, 1.807) is 0 Å². The minimum Gasteiger partial charge on any atom is -0.118 e. The van der Waals surface area contributed by atoms with E-state index in [-0.39, 0.29) is 0 Å². The van der Waals surface area contributed by atoms with Gasteiger partial charge in [-0.3, -0.25) is 0 Å². The first-order valence-electron chi connectivity index (χ1n) is 3.85. The van der Waals surface area contributed by atoms with Crippen molar-refractivity contribution in [2.45, 2.75) is 39.0 Å². The predicted octanol–water partition coefficient (Wildman–Crippen LogP) is 4.02. The molecule has 0 aromatic carbocycles. The Hall–Kier alpha value is 0. The molecule has 0 aliphatic heterocycles. The molecule has 1 heteroatoms. The molecule has 0 fully saturated rings. The largest absolute Gasteiger partial charge is 0.118 e. The minimum atomic E-state index is 1.10. The molecular weight excluding hydrogens is 188 g/mol. The van der Waals surface area contributed by atoms with Crippen LogP contribution >= 0.6 is 15.9 Å². The molecule has 0 heterocycles. The molecule has 0 atom stereocenters. The van der Waals surface area contributed by atoms with Crippen LogP contribution in [-0.2, 0) is 0 Å². The summed E-state index contributed by atoms with van der Waals surface area (Å²) in [6, 6.07) is 0. The van der Waals surface area contributed by atoms with Gasteiger partial charge in [0.25, 0.3) is 0 Å². The molecule has 10 heavy (non-hydrogen) atoms. The number of unbranched alkanes of at least 4 members (excludes halogenated alkanes) is 3. The van der Waals surface area contributed by atoms with E-state index in [0.29, 0.717) is 0 Å². The van der Waals surface area contributed by atoms with E-state index in [2.05, 4.69) is 35.2 Å². The zero-order valence-electron chi connectivity index (χ0n) is 6.62. The second kappa shape index (κ2) is 7.11. The maximum absolute atomic E-state index is 3.55. The number of halogens is 1. The van der Waals surface area contributed by atoms with Crippen molar-refractivity contribution >= 4 is 15.9 Å². The third kappa shape index (κ3) is 6.12. The first kappa shape index (κ1) is 10.0. The summed E-state index contributed by atoms with van der Waals surface area (Å²) >= 11 is 3.37. The lowest BCUT2D eigenvalue weighted by atomic mass is 10.1. The van der Waals surface area contributed by atoms with E-state index in [4.69, 9.17) is 0 Å². The first-order chi connectivity index (χ1) is 4.81. The molecular formula is C9H15Br. The van der Waals surface area contributed by atoms with Gasteiger partial charge in [0.2, 0.25) is 0 Å². The van der Waals surface area contributed by atoms with Gasteiger partial charge in [-0.1, -0.05) is 32.8 Å². The van der Waals surface area contributed by atoms with Crippen molar-refractivity contribution in [2.24, 2.45) is 0 Å². The van der Waals surface area contributed by atoms with Gasteiger partial charge < -0.3 is 0 Å². The molecule has 0 rings (SSSR count). The highest BCUT2D eigenvalue weighted by molar-refractivity contribution is 9.11. The predicted molar refractivity (Wildman–Crippen MR) is 50.3 cm³/mol. The standard InChI is InChI=1S/C9H15Br/c1-3-5-6-7-8-9(10)4-2/h2-3,5-8H2,1H3. The summed E-state index contributed by atoms with van der Waals surface area (Å²) in [5.41, 5.74) is 2.83. The number of hydrogen-bond donors (Lipinski definition) is 0. The van der Waals surface area contributed by atoms with Crippen molar-refractivity contribution < 1.29 is 0 Å². The Morgan fingerprint density at radius 1 is 1.40 bits per heavy atom. The summed E-state index contributed by atoms with van der Waals surface area (Å²) < 4.78 is 1.11. The third-order valence-corrected chi connectivity index (χ3v) is 2.12. The molecule has 0 saturated heterocycles. The van der Waals surface area contributed by atoms with Crippen molar-refractivity contribution in [3.63, 3.8) is 0 Å². The fourth-order valence-corrected chi connectivity index (χ4v) is 1.08. The molecule has 0 nitrogen and oxygen atoms in total. The van der Waals surface area contributed by atoms with Crippen LogP contribution in [0.1, 0.15) is 39.0 Å². The van der Waals surface area contributed by atoms with Crippen LogP contribution in [0.3, 0.4) is 0 Å². The fourth-order valence-electron chi connectivity index (χ4n) is 0.795. The fraction of sp³-hybridized carbons (Fsp3) is 0.667. The molecule has 0 N–H and O–H groups in total. The first-order valence-corrected chi connectivity index (χ1v) is 4.65. The zero-order valence-corrected chi connectivity index (χ0v) is 8.21. The quantitative estimate of drug-likeness (QED) is 0.467. The van der Waals surface area contributed by atoms with E-state index in [0.717, 1.165) is 10.9 Å². The van der Waals surface area contributed by atoms with Crippen LogP contribution in [0.25, 0.3) is 0 Å². The summed E-state index contributed by atoms with van der Waals surface area (Å²) in [5, 5.41) is 0. The van der Waals surface area contributed by atoms with Crippen molar-refractivity contribution in [3.05, 3.63) is 16.8 Å². The lowest BCUT2D eigenvalue weighted by molar-refractivity contribution is 0.673. The lowest BCUT2D eigenvalue weighted by Gasteiger charge is -1.95. The molecule has 0 saturated carbocycles. The second-order valence-corrected chi connectivity index (χ2v) is 3.35. The average Bonchev–Trinajstić information content (AvgIpc) is 1.98. The molecule has 0 spiro atoms. The van der Waals surface area contributed by atoms with E-state index in [1.165, 1.54) is 25.7 Å². The summed E-state index contributed by atoms with van der Waals surface area (Å²) in [4.78, 5) is 0. The van der Waals surface area contributed by atoms with E-state index in [1.807, 2.05) is 0 Å². The van der Waals surface area contributed by atoms with Crippen molar-refractivity contribution in [1.29, 1.82) is 0 Å². The van der Waals surface area contributed by atoms with Gasteiger partial charge in [0, 0.05) is 4.48 Å². The highest BCUT2D eigenvalue weighted by atomic mass is 79.9. The Morgan fingerprint density at radius 3 is 2.60 bits per heavy atom. The van der Waals surface area contributed by atoms with Crippen LogP contribution in [0.15, 0.2) is 16.8 Å². The number of rotatable bonds is 5. The Morgan fingerprint density at radius 2 is 2.10 bits per heavy atom. The highest BCUT2D eigenvalue weighted by Crippen LogP contribution is 2.13. The summed E-state index contributed by atoms with van der Waals surface area (Å²) in [6.45, 7) is 5.77. The lowest BCUT2D eigenvalue weighted by Crippen LogP contribution is -1.75. The summed E-state index contributed by atoms with van der Waals surface area (Å²) in [5.74, 6) is 0. The van der Waals surface area contributed by atoms with Gasteiger partial charge in [0.05, 0.1) is 0 Å². The number of allylic oxidation sites excluding steroid dienone is 1. The molecule has 0 unspecified atom stereocenters. The SMILES string of the molecule is C=C=C(Br)CCCCCC. The maximum atomic E-state index is 3.55. The van der Waals surface area contributed by atoms with Crippen LogP contribution in [0.2, 0.25) is 0 Å². The minimum absolute atomic E-state index is 1.10. The van der Waals surface area contributed by atoms with Crippen LogP contribution in [0.5, 0.6) is 0 Å². The maximum Gasteiger partial charge on any atom is 0.0362 e. The Bertz CT molecular complexity index is 121. The molecule has 0 aliphatic carbocycles. The zero-order chi connectivity index (χ0) is 7.82. The molecule has 0 aliphatic rings. The van der Waals surface area contributed by atoms with Crippen LogP contribution in [-0.4, -0.2) is 0 Å². The van der Waals surface area contributed by atoms with E-state index < -0.39 is 0 Å².